The fraction of sp³-hybridized carbons (Fsp3) is 0.469. The number of nitrogens with two attached hydrogens (primary N) is 1. The van der Waals surface area contributed by atoms with E-state index in [9.17, 15) is 32.7 Å². The van der Waals surface area contributed by atoms with E-state index in [0.717, 1.165) is 11.6 Å². The Balaban J connectivity index is 1.31. The smallest absolute Gasteiger partial charge is 0.405 e. The van der Waals surface area contributed by atoms with Gasteiger partial charge in [-0.3, -0.25) is 19.7 Å². The normalized spacial score (nSPS) is 16.3. The van der Waals surface area contributed by atoms with Gasteiger partial charge in [-0.1, -0.05) is 26.0 Å². The summed E-state index contributed by atoms with van der Waals surface area (Å²) in [5, 5.41) is 16.1. The van der Waals surface area contributed by atoms with Gasteiger partial charge in [0.1, 0.15) is 17.4 Å². The van der Waals surface area contributed by atoms with E-state index >= 15 is 4.39 Å². The topological polar surface area (TPSA) is 142 Å². The monoisotopic (exact) mass is 664 g/mol. The molecule has 0 saturated carbocycles. The Morgan fingerprint density at radius 2 is 1.70 bits per heavy atom. The third-order valence-electron chi connectivity index (χ3n) is 8.26. The number of benzene rings is 2. The highest BCUT2D eigenvalue weighted by Crippen LogP contribution is 2.27. The maximum atomic E-state index is 15.2. The molecule has 1 aliphatic rings. The minimum absolute atomic E-state index is 0.00759. The maximum Gasteiger partial charge on any atom is 0.405 e. The van der Waals surface area contributed by atoms with Gasteiger partial charge in [0.25, 0.3) is 0 Å². The molecule has 5 N–H and O–H groups in total. The third-order valence-corrected chi connectivity index (χ3v) is 8.26. The van der Waals surface area contributed by atoms with Crippen LogP contribution in [-0.4, -0.2) is 77.1 Å². The number of aryl methyl sites for hydroxylation is 1. The van der Waals surface area contributed by atoms with E-state index in [1.165, 1.54) is 13.1 Å². The number of anilines is 2. The molecule has 0 aliphatic carbocycles. The van der Waals surface area contributed by atoms with Crippen LogP contribution in [0, 0.1) is 11.7 Å². The Labute approximate surface area is 269 Å². The van der Waals surface area contributed by atoms with Crippen LogP contribution in [0.25, 0.3) is 10.9 Å². The largest absolute Gasteiger partial charge is 0.477 e. The van der Waals surface area contributed by atoms with Gasteiger partial charge in [0, 0.05) is 56.0 Å². The molecule has 3 atom stereocenters. The quantitative estimate of drug-likeness (QED) is 0.212. The maximum absolute atomic E-state index is 15.2. The first kappa shape index (κ1) is 35.8. The lowest BCUT2D eigenvalue weighted by Gasteiger charge is -2.35. The highest BCUT2D eigenvalue weighted by molar-refractivity contribution is 5.95. The summed E-state index contributed by atoms with van der Waals surface area (Å²) in [7, 11) is 0. The van der Waals surface area contributed by atoms with Crippen LogP contribution in [-0.2, 0) is 22.8 Å². The summed E-state index contributed by atoms with van der Waals surface area (Å²) in [4.78, 5) is 44.5. The van der Waals surface area contributed by atoms with Crippen LogP contribution in [0.4, 0.5) is 28.9 Å². The minimum Gasteiger partial charge on any atom is -0.477 e. The molecule has 1 fully saturated rings. The van der Waals surface area contributed by atoms with Gasteiger partial charge in [0.2, 0.25) is 11.3 Å². The number of piperazine rings is 1. The van der Waals surface area contributed by atoms with Crippen molar-refractivity contribution in [2.45, 2.75) is 65.1 Å². The highest BCUT2D eigenvalue weighted by Gasteiger charge is 2.45. The molecule has 0 unspecified atom stereocenters. The van der Waals surface area contributed by atoms with Crippen molar-refractivity contribution in [3.63, 3.8) is 0 Å². The summed E-state index contributed by atoms with van der Waals surface area (Å²) >= 11 is 0. The van der Waals surface area contributed by atoms with Crippen molar-refractivity contribution >= 4 is 34.2 Å². The van der Waals surface area contributed by atoms with Crippen molar-refractivity contribution in [3.05, 3.63) is 69.8 Å². The number of amides is 1. The Kier molecular flexibility index (Phi) is 11.3. The molecule has 11 nitrogen and oxygen atoms in total. The zero-order valence-corrected chi connectivity index (χ0v) is 26.6. The first-order chi connectivity index (χ1) is 22.1. The number of carboxylic acids is 1. The first-order valence-corrected chi connectivity index (χ1v) is 15.3. The fourth-order valence-electron chi connectivity index (χ4n) is 5.37. The number of nitrogens with one attached hydrogen (secondary N) is 2. The summed E-state index contributed by atoms with van der Waals surface area (Å²) < 4.78 is 57.4. The summed E-state index contributed by atoms with van der Waals surface area (Å²) in [6, 6.07) is 4.96. The standard InChI is InChI=1S/C32H40F4N6O5/c1-5-40-16-23(31(45)46)28(43)22-14-24(33)26(15-25(22)40)41-10-12-42(13-11-41)47-17-20-6-8-21(9-7-20)39-30(44)19(4)38-29(32(34,35)36)27(37)18(2)3/h6-9,14-16,18-19,27,29,38H,5,10-13,17,37H2,1-4H3,(H,39,44)(H,45,46)/t19-,27-,29-/m0/s1. The number of aromatic carboxylic acids is 1. The van der Waals surface area contributed by atoms with Crippen LogP contribution in [0.3, 0.4) is 0 Å². The lowest BCUT2D eigenvalue weighted by Crippen LogP contribution is -2.60. The molecule has 1 aliphatic heterocycles. The second-order valence-electron chi connectivity index (χ2n) is 11.9. The van der Waals surface area contributed by atoms with E-state index in [4.69, 9.17) is 10.6 Å². The SMILES string of the molecule is CCn1cc(C(=O)O)c(=O)c2cc(F)c(N3CCN(OCc4ccc(NC(=O)[C@H](C)N[C@@H]([C@@H](N)C(C)C)C(F)(F)F)cc4)CC3)cc21. The number of carbonyl (C=O) groups excluding carboxylic acids is 1. The van der Waals surface area contributed by atoms with Crippen LogP contribution < -0.4 is 26.7 Å². The van der Waals surface area contributed by atoms with E-state index in [1.807, 2.05) is 4.90 Å². The number of hydroxylamine groups is 2. The number of nitrogens with zero attached hydrogens (tertiary/aromatic N) is 3. The van der Waals surface area contributed by atoms with Gasteiger partial charge in [-0.05, 0) is 49.6 Å². The van der Waals surface area contributed by atoms with E-state index in [2.05, 4.69) is 10.6 Å². The number of rotatable bonds is 12. The van der Waals surface area contributed by atoms with Crippen molar-refractivity contribution in [3.8, 4) is 0 Å². The highest BCUT2D eigenvalue weighted by atomic mass is 19.4. The molecule has 1 amide bonds. The van der Waals surface area contributed by atoms with E-state index < -0.39 is 58.9 Å². The summed E-state index contributed by atoms with van der Waals surface area (Å²) in [6.45, 7) is 8.70. The Morgan fingerprint density at radius 1 is 1.06 bits per heavy atom. The second-order valence-corrected chi connectivity index (χ2v) is 11.9. The van der Waals surface area contributed by atoms with Gasteiger partial charge >= 0.3 is 12.1 Å². The van der Waals surface area contributed by atoms with Gasteiger partial charge in [0.15, 0.2) is 0 Å². The lowest BCUT2D eigenvalue weighted by atomic mass is 9.96. The van der Waals surface area contributed by atoms with Crippen molar-refractivity contribution in [2.24, 2.45) is 11.7 Å². The number of carboxylic acid groups (broad SMARTS) is 1. The molecule has 256 valence electrons. The molecule has 0 bridgehead atoms. The van der Waals surface area contributed by atoms with Crippen LogP contribution in [0.1, 0.15) is 43.6 Å². The lowest BCUT2D eigenvalue weighted by molar-refractivity contribution is -0.171. The number of fused-ring (bicyclic) bond motifs is 1. The Morgan fingerprint density at radius 3 is 2.26 bits per heavy atom. The average Bonchev–Trinajstić information content (AvgIpc) is 3.02. The number of aromatic nitrogens is 1. The predicted molar refractivity (Wildman–Crippen MR) is 170 cm³/mol. The van der Waals surface area contributed by atoms with Crippen LogP contribution in [0.5, 0.6) is 0 Å². The molecule has 2 aromatic carbocycles. The van der Waals surface area contributed by atoms with Gasteiger partial charge in [0.05, 0.1) is 23.9 Å². The van der Waals surface area contributed by atoms with E-state index in [1.54, 1.807) is 60.7 Å². The van der Waals surface area contributed by atoms with Gasteiger partial charge < -0.3 is 25.6 Å². The van der Waals surface area contributed by atoms with Crippen molar-refractivity contribution in [1.29, 1.82) is 0 Å². The molecule has 4 rings (SSSR count). The number of pyridine rings is 1. The zero-order valence-electron chi connectivity index (χ0n) is 26.6. The van der Waals surface area contributed by atoms with E-state index in [0.29, 0.717) is 49.6 Å². The van der Waals surface area contributed by atoms with Crippen LogP contribution >= 0.6 is 0 Å². The summed E-state index contributed by atoms with van der Waals surface area (Å²) in [6.07, 6.45) is -3.34. The van der Waals surface area contributed by atoms with Crippen LogP contribution in [0.15, 0.2) is 47.4 Å². The molecule has 3 aromatic rings. The average molecular weight is 665 g/mol. The predicted octanol–water partition coefficient (Wildman–Crippen LogP) is 3.94. The Hall–Kier alpha value is -4.05. The number of hydrogen-bond acceptors (Lipinski definition) is 8. The first-order valence-electron chi connectivity index (χ1n) is 15.3. The summed E-state index contributed by atoms with van der Waals surface area (Å²) in [5.41, 5.74) is 6.56. The van der Waals surface area contributed by atoms with Crippen molar-refractivity contribution in [1.82, 2.24) is 14.9 Å². The van der Waals surface area contributed by atoms with Gasteiger partial charge in [-0.15, -0.1) is 0 Å². The summed E-state index contributed by atoms with van der Waals surface area (Å²) in [5.74, 6) is -3.07. The molecule has 0 radical (unpaired) electrons. The molecule has 15 heteroatoms. The molecule has 47 heavy (non-hydrogen) atoms. The van der Waals surface area contributed by atoms with Gasteiger partial charge in [-0.2, -0.15) is 18.2 Å². The number of halogens is 4. The molecular weight excluding hydrogens is 624 g/mol. The minimum atomic E-state index is -4.62. The molecule has 2 heterocycles. The number of carbonyl (C=O) groups is 2. The van der Waals surface area contributed by atoms with Crippen LogP contribution in [0.2, 0.25) is 0 Å². The Bertz CT molecular complexity index is 1640. The van der Waals surface area contributed by atoms with Crippen molar-refractivity contribution < 1.29 is 37.1 Å². The molecule has 1 aromatic heterocycles. The van der Waals surface area contributed by atoms with Crippen molar-refractivity contribution in [2.75, 3.05) is 36.4 Å². The van der Waals surface area contributed by atoms with Gasteiger partial charge in [-0.25, -0.2) is 9.18 Å². The fourth-order valence-corrected chi connectivity index (χ4v) is 5.37. The second kappa shape index (κ2) is 14.8. The molecular formula is C32H40F4N6O5. The third kappa shape index (κ3) is 8.46. The zero-order chi connectivity index (χ0) is 34.6. The molecule has 1 saturated heterocycles. The number of hydrogen-bond donors (Lipinski definition) is 4. The number of alkyl halides is 3. The van der Waals surface area contributed by atoms with E-state index in [-0.39, 0.29) is 12.0 Å². The molecule has 0 spiro atoms.